The summed E-state index contributed by atoms with van der Waals surface area (Å²) in [6, 6.07) is 5.39. The second-order valence-corrected chi connectivity index (χ2v) is 4.15. The van der Waals surface area contributed by atoms with Crippen molar-refractivity contribution in [1.29, 1.82) is 0 Å². The molecule has 1 unspecified atom stereocenters. The standard InChI is InChI=1S/C13H20N2O2/c1-4-11(8-16)14-13(17)15-12-9(2)6-5-7-10(12)3/h5-7,11,16H,4,8H2,1-3H3,(H2,14,15,17). The maximum atomic E-state index is 11.7. The van der Waals surface area contributed by atoms with Crippen LogP contribution in [0.15, 0.2) is 18.2 Å². The maximum absolute atomic E-state index is 11.7. The lowest BCUT2D eigenvalue weighted by Gasteiger charge is -2.16. The molecule has 3 N–H and O–H groups in total. The highest BCUT2D eigenvalue weighted by atomic mass is 16.3. The minimum atomic E-state index is -0.275. The second-order valence-electron chi connectivity index (χ2n) is 4.15. The highest BCUT2D eigenvalue weighted by molar-refractivity contribution is 5.91. The summed E-state index contributed by atoms with van der Waals surface area (Å²) in [7, 11) is 0. The van der Waals surface area contributed by atoms with Gasteiger partial charge in [0, 0.05) is 5.69 Å². The van der Waals surface area contributed by atoms with E-state index >= 15 is 0 Å². The monoisotopic (exact) mass is 236 g/mol. The number of aliphatic hydroxyl groups is 1. The smallest absolute Gasteiger partial charge is 0.319 e. The van der Waals surface area contributed by atoms with Crippen LogP contribution in [0, 0.1) is 13.8 Å². The van der Waals surface area contributed by atoms with E-state index in [-0.39, 0.29) is 18.7 Å². The lowest BCUT2D eigenvalue weighted by molar-refractivity contribution is 0.222. The van der Waals surface area contributed by atoms with Crippen molar-refractivity contribution in [2.45, 2.75) is 33.2 Å². The van der Waals surface area contributed by atoms with Crippen LogP contribution in [0.5, 0.6) is 0 Å². The molecule has 0 radical (unpaired) electrons. The number of carbonyl (C=O) groups excluding carboxylic acids is 1. The van der Waals surface area contributed by atoms with Gasteiger partial charge in [-0.25, -0.2) is 4.79 Å². The van der Waals surface area contributed by atoms with Crippen LogP contribution < -0.4 is 10.6 Å². The summed E-state index contributed by atoms with van der Waals surface area (Å²) in [5.41, 5.74) is 2.88. The van der Waals surface area contributed by atoms with Gasteiger partial charge in [-0.15, -0.1) is 0 Å². The molecule has 4 nitrogen and oxygen atoms in total. The predicted molar refractivity (Wildman–Crippen MR) is 69.2 cm³/mol. The molecule has 0 aliphatic rings. The Hall–Kier alpha value is -1.55. The van der Waals surface area contributed by atoms with Crippen LogP contribution in [0.25, 0.3) is 0 Å². The number of benzene rings is 1. The van der Waals surface area contributed by atoms with Gasteiger partial charge < -0.3 is 15.7 Å². The zero-order chi connectivity index (χ0) is 12.8. The SMILES string of the molecule is CCC(CO)NC(=O)Nc1c(C)cccc1C. The molecule has 2 amide bonds. The van der Waals surface area contributed by atoms with E-state index in [2.05, 4.69) is 10.6 Å². The first kappa shape index (κ1) is 13.5. The summed E-state index contributed by atoms with van der Waals surface area (Å²) in [6.07, 6.45) is 0.705. The Morgan fingerprint density at radius 1 is 1.35 bits per heavy atom. The zero-order valence-corrected chi connectivity index (χ0v) is 10.6. The van der Waals surface area contributed by atoms with Crippen molar-refractivity contribution in [3.8, 4) is 0 Å². The normalized spacial score (nSPS) is 12.0. The van der Waals surface area contributed by atoms with Crippen LogP contribution >= 0.6 is 0 Å². The van der Waals surface area contributed by atoms with Gasteiger partial charge in [0.25, 0.3) is 0 Å². The van der Waals surface area contributed by atoms with Crippen LogP contribution in [0.3, 0.4) is 0 Å². The van der Waals surface area contributed by atoms with Crippen molar-refractivity contribution in [2.75, 3.05) is 11.9 Å². The largest absolute Gasteiger partial charge is 0.394 e. The summed E-state index contributed by atoms with van der Waals surface area (Å²) < 4.78 is 0. The fraction of sp³-hybridized carbons (Fsp3) is 0.462. The second kappa shape index (κ2) is 6.25. The van der Waals surface area contributed by atoms with Crippen LogP contribution in [0.4, 0.5) is 10.5 Å². The lowest BCUT2D eigenvalue weighted by Crippen LogP contribution is -2.39. The van der Waals surface area contributed by atoms with Crippen LogP contribution in [0.2, 0.25) is 0 Å². The van der Waals surface area contributed by atoms with Crippen molar-refractivity contribution in [2.24, 2.45) is 0 Å². The maximum Gasteiger partial charge on any atom is 0.319 e. The summed E-state index contributed by atoms with van der Waals surface area (Å²) in [5.74, 6) is 0. The number of aryl methyl sites for hydroxylation is 2. The molecule has 1 aromatic rings. The van der Waals surface area contributed by atoms with E-state index in [0.717, 1.165) is 16.8 Å². The third-order valence-electron chi connectivity index (χ3n) is 2.77. The molecule has 4 heteroatoms. The molecule has 0 saturated heterocycles. The molecule has 17 heavy (non-hydrogen) atoms. The summed E-state index contributed by atoms with van der Waals surface area (Å²) in [4.78, 5) is 11.7. The Kier molecular flexibility index (Phi) is 4.97. The van der Waals surface area contributed by atoms with Gasteiger partial charge in [-0.3, -0.25) is 0 Å². The first-order chi connectivity index (χ1) is 8.08. The minimum Gasteiger partial charge on any atom is -0.394 e. The molecule has 0 spiro atoms. The van der Waals surface area contributed by atoms with Crippen LogP contribution in [0.1, 0.15) is 24.5 Å². The first-order valence-corrected chi connectivity index (χ1v) is 5.83. The first-order valence-electron chi connectivity index (χ1n) is 5.83. The quantitative estimate of drug-likeness (QED) is 0.750. The fourth-order valence-electron chi connectivity index (χ4n) is 1.62. The molecule has 0 aliphatic heterocycles. The Balaban J connectivity index is 2.68. The van der Waals surface area contributed by atoms with E-state index in [1.165, 1.54) is 0 Å². The number of nitrogens with one attached hydrogen (secondary N) is 2. The number of urea groups is 1. The number of hydrogen-bond acceptors (Lipinski definition) is 2. The third-order valence-corrected chi connectivity index (χ3v) is 2.77. The van der Waals surface area contributed by atoms with Crippen molar-refractivity contribution in [1.82, 2.24) is 5.32 Å². The third kappa shape index (κ3) is 3.75. The number of para-hydroxylation sites is 1. The van der Waals surface area contributed by atoms with Crippen molar-refractivity contribution >= 4 is 11.7 Å². The predicted octanol–water partition coefficient (Wildman–Crippen LogP) is 2.20. The molecule has 0 bridgehead atoms. The Bertz CT molecular complexity index is 367. The Morgan fingerprint density at radius 2 is 1.94 bits per heavy atom. The zero-order valence-electron chi connectivity index (χ0n) is 10.6. The van der Waals surface area contributed by atoms with Gasteiger partial charge in [0.1, 0.15) is 0 Å². The van der Waals surface area contributed by atoms with E-state index in [4.69, 9.17) is 5.11 Å². The van der Waals surface area contributed by atoms with Crippen molar-refractivity contribution in [3.63, 3.8) is 0 Å². The average molecular weight is 236 g/mol. The minimum absolute atomic E-state index is 0.0450. The topological polar surface area (TPSA) is 61.4 Å². The molecule has 0 aromatic heterocycles. The molecule has 1 rings (SSSR count). The Morgan fingerprint density at radius 3 is 2.41 bits per heavy atom. The molecule has 94 valence electrons. The fourth-order valence-corrected chi connectivity index (χ4v) is 1.62. The van der Waals surface area contributed by atoms with Gasteiger partial charge in [0.15, 0.2) is 0 Å². The molecule has 1 aromatic carbocycles. The van der Waals surface area contributed by atoms with E-state index < -0.39 is 0 Å². The number of amides is 2. The van der Waals surface area contributed by atoms with Gasteiger partial charge in [0.2, 0.25) is 0 Å². The van der Waals surface area contributed by atoms with E-state index in [9.17, 15) is 4.79 Å². The van der Waals surface area contributed by atoms with E-state index in [1.807, 2.05) is 39.0 Å². The van der Waals surface area contributed by atoms with Crippen LogP contribution in [-0.4, -0.2) is 23.8 Å². The van der Waals surface area contributed by atoms with Gasteiger partial charge in [0.05, 0.1) is 12.6 Å². The van der Waals surface area contributed by atoms with E-state index in [0.29, 0.717) is 6.42 Å². The number of anilines is 1. The lowest BCUT2D eigenvalue weighted by atomic mass is 10.1. The van der Waals surface area contributed by atoms with Gasteiger partial charge in [-0.2, -0.15) is 0 Å². The number of hydrogen-bond donors (Lipinski definition) is 3. The summed E-state index contributed by atoms with van der Waals surface area (Å²) in [5, 5.41) is 14.5. The van der Waals surface area contributed by atoms with Gasteiger partial charge >= 0.3 is 6.03 Å². The Labute approximate surface area is 102 Å². The molecule has 1 atom stereocenters. The van der Waals surface area contributed by atoms with Crippen LogP contribution in [-0.2, 0) is 0 Å². The average Bonchev–Trinajstić information content (AvgIpc) is 2.31. The molecule has 0 fully saturated rings. The summed E-state index contributed by atoms with van der Waals surface area (Å²) in [6.45, 7) is 5.77. The number of carbonyl (C=O) groups is 1. The molecule has 0 heterocycles. The van der Waals surface area contributed by atoms with E-state index in [1.54, 1.807) is 0 Å². The number of rotatable bonds is 4. The number of aliphatic hydroxyl groups excluding tert-OH is 1. The highest BCUT2D eigenvalue weighted by Gasteiger charge is 2.10. The summed E-state index contributed by atoms with van der Waals surface area (Å²) >= 11 is 0. The molecule has 0 aliphatic carbocycles. The molecular weight excluding hydrogens is 216 g/mol. The van der Waals surface area contributed by atoms with Gasteiger partial charge in [-0.1, -0.05) is 25.1 Å². The molecular formula is C13H20N2O2. The van der Waals surface area contributed by atoms with Crippen molar-refractivity contribution in [3.05, 3.63) is 29.3 Å². The molecule has 0 saturated carbocycles. The van der Waals surface area contributed by atoms with Crippen molar-refractivity contribution < 1.29 is 9.90 Å². The highest BCUT2D eigenvalue weighted by Crippen LogP contribution is 2.19. The van der Waals surface area contributed by atoms with Gasteiger partial charge in [-0.05, 0) is 31.4 Å².